The van der Waals surface area contributed by atoms with Crippen molar-refractivity contribution in [2.45, 2.75) is 19.3 Å². The highest BCUT2D eigenvalue weighted by Gasteiger charge is 2.35. The molecule has 0 unspecified atom stereocenters. The molecule has 1 aromatic heterocycles. The van der Waals surface area contributed by atoms with Crippen molar-refractivity contribution < 1.29 is 32.0 Å². The predicted molar refractivity (Wildman–Crippen MR) is 124 cm³/mol. The predicted octanol–water partition coefficient (Wildman–Crippen LogP) is 5.81. The maximum absolute atomic E-state index is 12.7. The molecule has 6 nitrogen and oxygen atoms in total. The number of hydrogen-bond acceptors (Lipinski definition) is 5. The lowest BCUT2D eigenvalue weighted by atomic mass is 10.1. The Morgan fingerprint density at radius 1 is 1.06 bits per heavy atom. The summed E-state index contributed by atoms with van der Waals surface area (Å²) in [4.78, 5) is 40.4. The number of imide groups is 1. The highest BCUT2D eigenvalue weighted by molar-refractivity contribution is 8.18. The molecule has 4 rings (SSSR count). The Hall–Kier alpha value is -3.79. The maximum Gasteiger partial charge on any atom is 0.416 e. The molecule has 180 valence electrons. The van der Waals surface area contributed by atoms with E-state index in [0.29, 0.717) is 29.0 Å². The van der Waals surface area contributed by atoms with Crippen LogP contribution in [0.4, 0.5) is 18.0 Å². The minimum atomic E-state index is -4.46. The van der Waals surface area contributed by atoms with Crippen LogP contribution >= 0.6 is 11.8 Å². The Balaban J connectivity index is 1.42. The third-order valence-electron chi connectivity index (χ3n) is 5.27. The number of hydrogen-bond donors (Lipinski definition) is 0. The number of benzene rings is 2. The van der Waals surface area contributed by atoms with Gasteiger partial charge in [0.05, 0.1) is 29.8 Å². The summed E-state index contributed by atoms with van der Waals surface area (Å²) in [6.45, 7) is 0.190. The summed E-state index contributed by atoms with van der Waals surface area (Å²) in [7, 11) is 1.66. The van der Waals surface area contributed by atoms with Crippen molar-refractivity contribution in [3.63, 3.8) is 0 Å². The van der Waals surface area contributed by atoms with E-state index in [-0.39, 0.29) is 17.4 Å². The average Bonchev–Trinajstić information content (AvgIpc) is 3.42. The number of nitrogens with zero attached hydrogens (tertiary/aromatic N) is 2. The molecule has 3 amide bonds. The summed E-state index contributed by atoms with van der Waals surface area (Å²) in [6.07, 6.45) is -1.38. The van der Waals surface area contributed by atoms with E-state index < -0.39 is 22.9 Å². The van der Waals surface area contributed by atoms with Crippen molar-refractivity contribution in [2.75, 3.05) is 7.05 Å². The van der Waals surface area contributed by atoms with E-state index in [9.17, 15) is 27.6 Å². The second kappa shape index (κ2) is 9.83. The molecule has 0 spiro atoms. The van der Waals surface area contributed by atoms with Crippen LogP contribution in [0.2, 0.25) is 0 Å². The van der Waals surface area contributed by atoms with Crippen molar-refractivity contribution in [3.05, 3.63) is 99.8 Å². The summed E-state index contributed by atoms with van der Waals surface area (Å²) < 4.78 is 43.5. The van der Waals surface area contributed by atoms with Gasteiger partial charge in [-0.1, -0.05) is 24.3 Å². The lowest BCUT2D eigenvalue weighted by Gasteiger charge is -2.15. The third-order valence-corrected chi connectivity index (χ3v) is 6.18. The summed E-state index contributed by atoms with van der Waals surface area (Å²) >= 11 is 0.754. The van der Waals surface area contributed by atoms with Gasteiger partial charge in [0.25, 0.3) is 17.1 Å². The Morgan fingerprint density at radius 3 is 2.34 bits per heavy atom. The number of carbonyl (C=O) groups is 3. The first-order chi connectivity index (χ1) is 16.6. The van der Waals surface area contributed by atoms with E-state index in [2.05, 4.69) is 0 Å². The molecule has 2 heterocycles. The molecule has 0 aliphatic carbocycles. The number of alkyl halides is 3. The van der Waals surface area contributed by atoms with Gasteiger partial charge >= 0.3 is 6.18 Å². The molecular formula is C25H19F3N2O4S. The molecule has 0 N–H and O–H groups in total. The Kier molecular flexibility index (Phi) is 6.83. The smallest absolute Gasteiger partial charge is 0.416 e. The monoisotopic (exact) mass is 500 g/mol. The van der Waals surface area contributed by atoms with Gasteiger partial charge < -0.3 is 9.32 Å². The van der Waals surface area contributed by atoms with Crippen LogP contribution in [0, 0.1) is 0 Å². The van der Waals surface area contributed by atoms with Gasteiger partial charge in [-0.25, -0.2) is 0 Å². The van der Waals surface area contributed by atoms with E-state index >= 15 is 0 Å². The topological polar surface area (TPSA) is 70.8 Å². The van der Waals surface area contributed by atoms with Gasteiger partial charge in [-0.3, -0.25) is 19.3 Å². The van der Waals surface area contributed by atoms with Crippen LogP contribution in [0.25, 0.3) is 6.08 Å². The van der Waals surface area contributed by atoms with E-state index in [4.69, 9.17) is 4.42 Å². The number of thioether (sulfide) groups is 1. The van der Waals surface area contributed by atoms with Crippen molar-refractivity contribution in [1.82, 2.24) is 9.80 Å². The second-order valence-corrected chi connectivity index (χ2v) is 8.82. The zero-order chi connectivity index (χ0) is 25.2. The van der Waals surface area contributed by atoms with Crippen LogP contribution in [0.1, 0.15) is 32.8 Å². The quantitative estimate of drug-likeness (QED) is 0.400. The van der Waals surface area contributed by atoms with Gasteiger partial charge in [0.15, 0.2) is 0 Å². The fourth-order valence-electron chi connectivity index (χ4n) is 3.42. The molecule has 0 radical (unpaired) electrons. The first-order valence-corrected chi connectivity index (χ1v) is 11.2. The lowest BCUT2D eigenvalue weighted by Crippen LogP contribution is -2.27. The van der Waals surface area contributed by atoms with E-state index in [0.717, 1.165) is 28.8 Å². The van der Waals surface area contributed by atoms with Crippen molar-refractivity contribution in [1.29, 1.82) is 0 Å². The number of carbonyl (C=O) groups excluding carboxylic acids is 3. The van der Waals surface area contributed by atoms with Crippen LogP contribution in [0.5, 0.6) is 0 Å². The summed E-state index contributed by atoms with van der Waals surface area (Å²) in [6, 6.07) is 14.4. The molecule has 1 saturated heterocycles. The van der Waals surface area contributed by atoms with E-state index in [1.807, 2.05) is 0 Å². The van der Waals surface area contributed by atoms with E-state index in [1.165, 1.54) is 23.3 Å². The number of amides is 3. The normalized spacial score (nSPS) is 15.2. The summed E-state index contributed by atoms with van der Waals surface area (Å²) in [5, 5.41) is -0.507. The Bertz CT molecular complexity index is 1270. The number of rotatable bonds is 6. The highest BCUT2D eigenvalue weighted by atomic mass is 32.2. The van der Waals surface area contributed by atoms with Crippen LogP contribution in [0.3, 0.4) is 0 Å². The zero-order valence-electron chi connectivity index (χ0n) is 18.4. The first kappa shape index (κ1) is 24.3. The molecule has 1 aliphatic heterocycles. The molecule has 1 fully saturated rings. The molecular weight excluding hydrogens is 481 g/mol. The summed E-state index contributed by atoms with van der Waals surface area (Å²) in [5.41, 5.74) is 0.675. The maximum atomic E-state index is 12.7. The number of furan rings is 1. The first-order valence-electron chi connectivity index (χ1n) is 10.4. The SMILES string of the molecule is CN(Cc1ccco1)C(=O)c1ccc(C=C2SC(=O)N(Cc3ccc(C(F)(F)F)cc3)C2=O)cc1. The Morgan fingerprint density at radius 2 is 1.74 bits per heavy atom. The second-order valence-electron chi connectivity index (χ2n) is 7.83. The largest absolute Gasteiger partial charge is 0.467 e. The molecule has 35 heavy (non-hydrogen) atoms. The Labute approximate surface area is 203 Å². The molecule has 0 saturated carbocycles. The minimum Gasteiger partial charge on any atom is -0.467 e. The van der Waals surface area contributed by atoms with Crippen LogP contribution < -0.4 is 0 Å². The molecule has 1 aliphatic rings. The zero-order valence-corrected chi connectivity index (χ0v) is 19.2. The third kappa shape index (κ3) is 5.65. The van der Waals surface area contributed by atoms with Crippen molar-refractivity contribution >= 4 is 34.9 Å². The van der Waals surface area contributed by atoms with Crippen molar-refractivity contribution in [2.24, 2.45) is 0 Å². The lowest BCUT2D eigenvalue weighted by molar-refractivity contribution is -0.137. The molecule has 0 atom stereocenters. The molecule has 10 heteroatoms. The average molecular weight is 500 g/mol. The van der Waals surface area contributed by atoms with Gasteiger partial charge in [0, 0.05) is 12.6 Å². The van der Waals surface area contributed by atoms with Gasteiger partial charge in [0.1, 0.15) is 5.76 Å². The highest BCUT2D eigenvalue weighted by Crippen LogP contribution is 2.34. The molecule has 0 bridgehead atoms. The molecule has 2 aromatic carbocycles. The van der Waals surface area contributed by atoms with Gasteiger partial charge in [0.2, 0.25) is 0 Å². The fraction of sp³-hybridized carbons (Fsp3) is 0.160. The van der Waals surface area contributed by atoms with Gasteiger partial charge in [-0.15, -0.1) is 0 Å². The van der Waals surface area contributed by atoms with Gasteiger partial charge in [-0.05, 0) is 65.4 Å². The number of halogens is 3. The minimum absolute atomic E-state index is 0.129. The van der Waals surface area contributed by atoms with Crippen LogP contribution in [-0.2, 0) is 24.1 Å². The fourth-order valence-corrected chi connectivity index (χ4v) is 4.26. The molecule has 3 aromatic rings. The van der Waals surface area contributed by atoms with Gasteiger partial charge in [-0.2, -0.15) is 13.2 Å². The van der Waals surface area contributed by atoms with Crippen LogP contribution in [0.15, 0.2) is 76.2 Å². The summed E-state index contributed by atoms with van der Waals surface area (Å²) in [5.74, 6) is -0.0764. The van der Waals surface area contributed by atoms with E-state index in [1.54, 1.807) is 49.5 Å². The van der Waals surface area contributed by atoms with Crippen molar-refractivity contribution in [3.8, 4) is 0 Å². The van der Waals surface area contributed by atoms with Crippen LogP contribution in [-0.4, -0.2) is 33.9 Å². The standard InChI is InChI=1S/C25H19F3N2O4S/c1-29(15-20-3-2-12-34-20)22(31)18-8-4-16(5-9-18)13-21-23(32)30(24(33)35-21)14-17-6-10-19(11-7-17)25(26,27)28/h2-13H,14-15H2,1H3.